The van der Waals surface area contributed by atoms with Crippen LogP contribution < -0.4 is 5.32 Å². The first-order valence-electron chi connectivity index (χ1n) is 6.42. The molecule has 0 amide bonds. The van der Waals surface area contributed by atoms with Crippen LogP contribution in [0.3, 0.4) is 0 Å². The van der Waals surface area contributed by atoms with Gasteiger partial charge in [-0.05, 0) is 18.4 Å². The molecule has 0 aliphatic rings. The van der Waals surface area contributed by atoms with E-state index in [0.717, 1.165) is 26.1 Å². The van der Waals surface area contributed by atoms with Crippen LogP contribution in [-0.4, -0.2) is 29.5 Å². The van der Waals surface area contributed by atoms with Gasteiger partial charge in [-0.15, -0.1) is 0 Å². The molecule has 1 unspecified atom stereocenters. The van der Waals surface area contributed by atoms with Gasteiger partial charge in [-0.25, -0.2) is 0 Å². The Morgan fingerprint density at radius 1 is 1.47 bits per heavy atom. The molecular formula is C13H25N3O. The summed E-state index contributed by atoms with van der Waals surface area (Å²) in [7, 11) is 1.75. The molecule has 1 aromatic heterocycles. The maximum atomic E-state index is 5.23. The Morgan fingerprint density at radius 2 is 2.24 bits per heavy atom. The maximum absolute atomic E-state index is 5.23. The number of rotatable bonds is 8. The van der Waals surface area contributed by atoms with Gasteiger partial charge in [0.15, 0.2) is 0 Å². The van der Waals surface area contributed by atoms with Crippen LogP contribution >= 0.6 is 0 Å². The predicted molar refractivity (Wildman–Crippen MR) is 69.9 cm³/mol. The van der Waals surface area contributed by atoms with Crippen molar-refractivity contribution in [2.24, 2.45) is 5.92 Å². The Morgan fingerprint density at radius 3 is 2.82 bits per heavy atom. The van der Waals surface area contributed by atoms with Crippen LogP contribution in [0.25, 0.3) is 0 Å². The summed E-state index contributed by atoms with van der Waals surface area (Å²) >= 11 is 0. The third-order valence-electron chi connectivity index (χ3n) is 2.94. The van der Waals surface area contributed by atoms with Gasteiger partial charge in [0.05, 0.1) is 12.3 Å². The molecule has 4 heteroatoms. The van der Waals surface area contributed by atoms with Crippen molar-refractivity contribution in [1.82, 2.24) is 15.1 Å². The molecule has 1 heterocycles. The van der Waals surface area contributed by atoms with E-state index in [1.165, 1.54) is 5.69 Å². The summed E-state index contributed by atoms with van der Waals surface area (Å²) in [6, 6.07) is 2.47. The molecule has 1 atom stereocenters. The Hall–Kier alpha value is -0.870. The minimum Gasteiger partial charge on any atom is -0.383 e. The lowest BCUT2D eigenvalue weighted by Crippen LogP contribution is -2.37. The highest BCUT2D eigenvalue weighted by atomic mass is 16.5. The van der Waals surface area contributed by atoms with Crippen molar-refractivity contribution in [2.75, 3.05) is 13.7 Å². The molecule has 1 N–H and O–H groups in total. The molecule has 0 aromatic carbocycles. The van der Waals surface area contributed by atoms with Gasteiger partial charge in [0.2, 0.25) is 0 Å². The average molecular weight is 239 g/mol. The van der Waals surface area contributed by atoms with Gasteiger partial charge < -0.3 is 10.1 Å². The molecule has 0 aliphatic heterocycles. The SMILES string of the molecule is CCCn1nccc1CNC(COC)C(C)C. The van der Waals surface area contributed by atoms with E-state index in [0.29, 0.717) is 12.0 Å². The predicted octanol–water partition coefficient (Wildman–Crippen LogP) is 2.05. The van der Waals surface area contributed by atoms with E-state index < -0.39 is 0 Å². The molecule has 4 nitrogen and oxygen atoms in total. The summed E-state index contributed by atoms with van der Waals surface area (Å²) in [5.41, 5.74) is 1.24. The molecule has 1 rings (SSSR count). The standard InChI is InChI=1S/C13H25N3O/c1-5-8-16-12(6-7-15-16)9-14-13(10-17-4)11(2)3/h6-7,11,13-14H,5,8-10H2,1-4H3. The Labute approximate surface area is 104 Å². The Bertz CT molecular complexity index is 309. The van der Waals surface area contributed by atoms with Gasteiger partial charge in [0.25, 0.3) is 0 Å². The van der Waals surface area contributed by atoms with Crippen LogP contribution in [0.2, 0.25) is 0 Å². The molecule has 0 saturated heterocycles. The molecule has 1 aromatic rings. The highest BCUT2D eigenvalue weighted by Crippen LogP contribution is 2.05. The fourth-order valence-corrected chi connectivity index (χ4v) is 1.83. The second-order valence-electron chi connectivity index (χ2n) is 4.73. The maximum Gasteiger partial charge on any atom is 0.0618 e. The number of hydrogen-bond acceptors (Lipinski definition) is 3. The van der Waals surface area contributed by atoms with Crippen molar-refractivity contribution in [3.63, 3.8) is 0 Å². The van der Waals surface area contributed by atoms with Gasteiger partial charge in [-0.2, -0.15) is 5.10 Å². The summed E-state index contributed by atoms with van der Waals surface area (Å²) < 4.78 is 7.29. The third kappa shape index (κ3) is 4.48. The fourth-order valence-electron chi connectivity index (χ4n) is 1.83. The summed E-state index contributed by atoms with van der Waals surface area (Å²) in [6.45, 7) is 9.17. The van der Waals surface area contributed by atoms with Crippen molar-refractivity contribution >= 4 is 0 Å². The zero-order chi connectivity index (χ0) is 12.7. The number of aryl methyl sites for hydroxylation is 1. The van der Waals surface area contributed by atoms with Crippen molar-refractivity contribution in [2.45, 2.75) is 46.3 Å². The molecule has 98 valence electrons. The number of nitrogens with zero attached hydrogens (tertiary/aromatic N) is 2. The van der Waals surface area contributed by atoms with Crippen LogP contribution in [0.15, 0.2) is 12.3 Å². The lowest BCUT2D eigenvalue weighted by Gasteiger charge is -2.21. The lowest BCUT2D eigenvalue weighted by molar-refractivity contribution is 0.146. The van der Waals surface area contributed by atoms with E-state index in [4.69, 9.17) is 4.74 Å². The Balaban J connectivity index is 2.49. The van der Waals surface area contributed by atoms with Crippen LogP contribution in [0.5, 0.6) is 0 Å². The lowest BCUT2D eigenvalue weighted by atomic mass is 10.1. The van der Waals surface area contributed by atoms with Crippen molar-refractivity contribution in [3.8, 4) is 0 Å². The van der Waals surface area contributed by atoms with Gasteiger partial charge >= 0.3 is 0 Å². The van der Waals surface area contributed by atoms with Gasteiger partial charge in [-0.1, -0.05) is 20.8 Å². The highest BCUT2D eigenvalue weighted by molar-refractivity contribution is 5.00. The quantitative estimate of drug-likeness (QED) is 0.754. The first-order chi connectivity index (χ1) is 8.19. The molecule has 0 radical (unpaired) electrons. The number of methoxy groups -OCH3 is 1. The molecule has 0 aliphatic carbocycles. The molecule has 0 saturated carbocycles. The van der Waals surface area contributed by atoms with E-state index in [2.05, 4.69) is 41.9 Å². The summed E-state index contributed by atoms with van der Waals surface area (Å²) in [5.74, 6) is 0.567. The number of ether oxygens (including phenoxy) is 1. The van der Waals surface area contributed by atoms with Crippen molar-refractivity contribution in [1.29, 1.82) is 0 Å². The third-order valence-corrected chi connectivity index (χ3v) is 2.94. The highest BCUT2D eigenvalue weighted by Gasteiger charge is 2.13. The van der Waals surface area contributed by atoms with Gasteiger partial charge in [0, 0.05) is 32.4 Å². The number of aromatic nitrogens is 2. The summed E-state index contributed by atoms with van der Waals surface area (Å²) in [5, 5.41) is 7.86. The zero-order valence-corrected chi connectivity index (χ0v) is 11.4. The van der Waals surface area contributed by atoms with Crippen molar-refractivity contribution in [3.05, 3.63) is 18.0 Å². The molecule has 0 spiro atoms. The minimum absolute atomic E-state index is 0.393. The molecule has 17 heavy (non-hydrogen) atoms. The average Bonchev–Trinajstić information content (AvgIpc) is 2.72. The molecule has 0 fully saturated rings. The monoisotopic (exact) mass is 239 g/mol. The van der Waals surface area contributed by atoms with E-state index in [1.807, 2.05) is 6.20 Å². The van der Waals surface area contributed by atoms with Crippen LogP contribution in [0.4, 0.5) is 0 Å². The minimum atomic E-state index is 0.393. The molecular weight excluding hydrogens is 214 g/mol. The van der Waals surface area contributed by atoms with Crippen LogP contribution in [-0.2, 0) is 17.8 Å². The van der Waals surface area contributed by atoms with Gasteiger partial charge in [-0.3, -0.25) is 4.68 Å². The zero-order valence-electron chi connectivity index (χ0n) is 11.4. The first-order valence-corrected chi connectivity index (χ1v) is 6.42. The van der Waals surface area contributed by atoms with E-state index in [-0.39, 0.29) is 0 Å². The molecule has 0 bridgehead atoms. The summed E-state index contributed by atoms with van der Waals surface area (Å²) in [6.07, 6.45) is 2.98. The second-order valence-corrected chi connectivity index (χ2v) is 4.73. The first kappa shape index (κ1) is 14.2. The second kappa shape index (κ2) is 7.45. The van der Waals surface area contributed by atoms with E-state index in [1.54, 1.807) is 7.11 Å². The largest absolute Gasteiger partial charge is 0.383 e. The Kier molecular flexibility index (Phi) is 6.22. The summed E-state index contributed by atoms with van der Waals surface area (Å²) in [4.78, 5) is 0. The fraction of sp³-hybridized carbons (Fsp3) is 0.769. The van der Waals surface area contributed by atoms with Gasteiger partial charge in [0.1, 0.15) is 0 Å². The van der Waals surface area contributed by atoms with Crippen LogP contribution in [0.1, 0.15) is 32.9 Å². The number of hydrogen-bond donors (Lipinski definition) is 1. The topological polar surface area (TPSA) is 39.1 Å². The number of nitrogens with one attached hydrogen (secondary N) is 1. The van der Waals surface area contributed by atoms with Crippen LogP contribution in [0, 0.1) is 5.92 Å². The van der Waals surface area contributed by atoms with E-state index >= 15 is 0 Å². The smallest absolute Gasteiger partial charge is 0.0618 e. The van der Waals surface area contributed by atoms with E-state index in [9.17, 15) is 0 Å². The van der Waals surface area contributed by atoms with Crippen molar-refractivity contribution < 1.29 is 4.74 Å². The normalized spacial score (nSPS) is 13.2.